The van der Waals surface area contributed by atoms with E-state index in [2.05, 4.69) is 5.32 Å². The first kappa shape index (κ1) is 16.9. The van der Waals surface area contributed by atoms with Gasteiger partial charge in [-0.05, 0) is 43.9 Å². The topological polar surface area (TPSA) is 32.3 Å². The van der Waals surface area contributed by atoms with E-state index in [9.17, 15) is 4.79 Å². The molecule has 2 aliphatic rings. The normalized spacial score (nSPS) is 27.1. The Balaban J connectivity index is 0.00000161. The summed E-state index contributed by atoms with van der Waals surface area (Å²) < 4.78 is 0. The van der Waals surface area contributed by atoms with Crippen molar-refractivity contribution in [3.8, 4) is 0 Å². The van der Waals surface area contributed by atoms with Crippen LogP contribution >= 0.6 is 35.6 Å². The predicted octanol–water partition coefficient (Wildman–Crippen LogP) is 3.77. The third kappa shape index (κ3) is 3.48. The van der Waals surface area contributed by atoms with Crippen LogP contribution in [0.15, 0.2) is 18.2 Å². The number of benzene rings is 1. The molecule has 2 bridgehead atoms. The van der Waals surface area contributed by atoms with Crippen LogP contribution in [0, 0.1) is 0 Å². The zero-order valence-electron chi connectivity index (χ0n) is 11.8. The van der Waals surface area contributed by atoms with Gasteiger partial charge in [-0.25, -0.2) is 0 Å². The maximum absolute atomic E-state index is 12.5. The molecule has 2 saturated heterocycles. The van der Waals surface area contributed by atoms with Crippen molar-refractivity contribution in [3.63, 3.8) is 0 Å². The SMILES string of the molecule is CN(C(=O)c1ccc(Cl)c(Cl)c1)C1CC2CCC(C1)N2.Cl. The molecule has 0 saturated carbocycles. The van der Waals surface area contributed by atoms with Crippen molar-refractivity contribution < 1.29 is 4.79 Å². The Morgan fingerprint density at radius 1 is 1.19 bits per heavy atom. The smallest absolute Gasteiger partial charge is 0.253 e. The van der Waals surface area contributed by atoms with Crippen LogP contribution in [0.5, 0.6) is 0 Å². The highest BCUT2D eigenvalue weighted by molar-refractivity contribution is 6.42. The number of fused-ring (bicyclic) bond motifs is 2. The number of hydrogen-bond donors (Lipinski definition) is 1. The zero-order valence-corrected chi connectivity index (χ0v) is 14.1. The third-order valence-corrected chi connectivity index (χ3v) is 5.22. The number of halogens is 3. The molecular formula is C15H19Cl3N2O. The second kappa shape index (κ2) is 6.74. The lowest BCUT2D eigenvalue weighted by Gasteiger charge is -2.35. The Kier molecular flexibility index (Phi) is 5.42. The van der Waals surface area contributed by atoms with E-state index in [-0.39, 0.29) is 18.3 Å². The number of rotatable bonds is 2. The van der Waals surface area contributed by atoms with E-state index in [0.29, 0.717) is 33.7 Å². The Hall–Kier alpha value is -0.480. The molecule has 0 aliphatic carbocycles. The number of nitrogens with zero attached hydrogens (tertiary/aromatic N) is 1. The molecule has 1 aromatic carbocycles. The molecule has 3 rings (SSSR count). The van der Waals surface area contributed by atoms with Gasteiger partial charge in [-0.3, -0.25) is 4.79 Å². The van der Waals surface area contributed by atoms with Gasteiger partial charge in [0, 0.05) is 30.7 Å². The van der Waals surface area contributed by atoms with Gasteiger partial charge in [0.25, 0.3) is 5.91 Å². The fourth-order valence-electron chi connectivity index (χ4n) is 3.34. The van der Waals surface area contributed by atoms with E-state index < -0.39 is 0 Å². The first-order valence-electron chi connectivity index (χ1n) is 7.03. The molecule has 116 valence electrons. The minimum atomic E-state index is 0. The lowest BCUT2D eigenvalue weighted by atomic mass is 9.98. The van der Waals surface area contributed by atoms with Crippen molar-refractivity contribution in [3.05, 3.63) is 33.8 Å². The van der Waals surface area contributed by atoms with Gasteiger partial charge in [-0.1, -0.05) is 23.2 Å². The zero-order chi connectivity index (χ0) is 14.3. The number of hydrogen-bond acceptors (Lipinski definition) is 2. The molecule has 2 fully saturated rings. The maximum atomic E-state index is 12.5. The average Bonchev–Trinajstić information content (AvgIpc) is 2.79. The van der Waals surface area contributed by atoms with E-state index in [1.54, 1.807) is 18.2 Å². The van der Waals surface area contributed by atoms with E-state index in [1.165, 1.54) is 12.8 Å². The summed E-state index contributed by atoms with van der Waals surface area (Å²) in [5.74, 6) is 0.0230. The first-order valence-corrected chi connectivity index (χ1v) is 7.78. The summed E-state index contributed by atoms with van der Waals surface area (Å²) in [6, 6.07) is 6.53. The highest BCUT2D eigenvalue weighted by Crippen LogP contribution is 2.30. The second-order valence-corrected chi connectivity index (χ2v) is 6.62. The molecule has 2 heterocycles. The van der Waals surface area contributed by atoms with E-state index in [0.717, 1.165) is 12.8 Å². The van der Waals surface area contributed by atoms with Gasteiger partial charge in [0.15, 0.2) is 0 Å². The minimum absolute atomic E-state index is 0. The largest absolute Gasteiger partial charge is 0.339 e. The van der Waals surface area contributed by atoms with Gasteiger partial charge in [0.2, 0.25) is 0 Å². The van der Waals surface area contributed by atoms with Crippen LogP contribution in [0.2, 0.25) is 10.0 Å². The van der Waals surface area contributed by atoms with Crippen molar-refractivity contribution in [2.24, 2.45) is 0 Å². The van der Waals surface area contributed by atoms with Crippen LogP contribution in [-0.2, 0) is 0 Å². The molecule has 3 nitrogen and oxygen atoms in total. The Morgan fingerprint density at radius 2 is 1.81 bits per heavy atom. The van der Waals surface area contributed by atoms with Crippen LogP contribution in [0.3, 0.4) is 0 Å². The summed E-state index contributed by atoms with van der Waals surface area (Å²) in [5, 5.41) is 4.50. The van der Waals surface area contributed by atoms with Gasteiger partial charge >= 0.3 is 0 Å². The van der Waals surface area contributed by atoms with Crippen molar-refractivity contribution in [1.29, 1.82) is 0 Å². The Bertz CT molecular complexity index is 526. The second-order valence-electron chi connectivity index (χ2n) is 5.81. The molecule has 0 spiro atoms. The van der Waals surface area contributed by atoms with E-state index >= 15 is 0 Å². The molecular weight excluding hydrogens is 331 g/mol. The highest BCUT2D eigenvalue weighted by atomic mass is 35.5. The summed E-state index contributed by atoms with van der Waals surface area (Å²) in [6.45, 7) is 0. The average molecular weight is 350 g/mol. The van der Waals surface area contributed by atoms with Crippen molar-refractivity contribution in [2.45, 2.75) is 43.8 Å². The molecule has 21 heavy (non-hydrogen) atoms. The molecule has 6 heteroatoms. The fourth-order valence-corrected chi connectivity index (χ4v) is 3.64. The fraction of sp³-hybridized carbons (Fsp3) is 0.533. The molecule has 1 N–H and O–H groups in total. The van der Waals surface area contributed by atoms with E-state index in [4.69, 9.17) is 23.2 Å². The summed E-state index contributed by atoms with van der Waals surface area (Å²) in [4.78, 5) is 14.4. The molecule has 0 radical (unpaired) electrons. The number of nitrogens with one attached hydrogen (secondary N) is 1. The minimum Gasteiger partial charge on any atom is -0.339 e. The van der Waals surface area contributed by atoms with Crippen LogP contribution in [0.25, 0.3) is 0 Å². The van der Waals surface area contributed by atoms with Crippen molar-refractivity contribution in [2.75, 3.05) is 7.05 Å². The standard InChI is InChI=1S/C15H18Cl2N2O.ClH/c1-19(12-7-10-3-4-11(8-12)18-10)15(20)9-2-5-13(16)14(17)6-9;/h2,5-6,10-12,18H,3-4,7-8H2,1H3;1H. The number of piperidine rings is 1. The monoisotopic (exact) mass is 348 g/mol. The predicted molar refractivity (Wildman–Crippen MR) is 88.8 cm³/mol. The van der Waals surface area contributed by atoms with Crippen LogP contribution < -0.4 is 5.32 Å². The van der Waals surface area contributed by atoms with Crippen LogP contribution in [0.4, 0.5) is 0 Å². The molecule has 0 aromatic heterocycles. The first-order chi connectivity index (χ1) is 9.54. The van der Waals surface area contributed by atoms with Crippen LogP contribution in [0.1, 0.15) is 36.0 Å². The summed E-state index contributed by atoms with van der Waals surface area (Å²) in [5.41, 5.74) is 0.604. The van der Waals surface area contributed by atoms with Gasteiger partial charge in [-0.15, -0.1) is 12.4 Å². The Labute approximate surface area is 141 Å². The van der Waals surface area contributed by atoms with Gasteiger partial charge in [0.1, 0.15) is 0 Å². The van der Waals surface area contributed by atoms with Crippen LogP contribution in [-0.4, -0.2) is 36.0 Å². The Morgan fingerprint density at radius 3 is 2.38 bits per heavy atom. The summed E-state index contributed by atoms with van der Waals surface area (Å²) >= 11 is 11.9. The molecule has 1 amide bonds. The van der Waals surface area contributed by atoms with Crippen molar-refractivity contribution in [1.82, 2.24) is 10.2 Å². The molecule has 2 aliphatic heterocycles. The van der Waals surface area contributed by atoms with Gasteiger partial charge < -0.3 is 10.2 Å². The maximum Gasteiger partial charge on any atom is 0.253 e. The highest BCUT2D eigenvalue weighted by Gasteiger charge is 2.36. The number of carbonyl (C=O) groups is 1. The third-order valence-electron chi connectivity index (χ3n) is 4.48. The molecule has 2 atom stereocenters. The van der Waals surface area contributed by atoms with Gasteiger partial charge in [0.05, 0.1) is 10.0 Å². The number of carbonyl (C=O) groups excluding carboxylic acids is 1. The molecule has 2 unspecified atom stereocenters. The van der Waals surface area contributed by atoms with E-state index in [1.807, 2.05) is 11.9 Å². The van der Waals surface area contributed by atoms with Gasteiger partial charge in [-0.2, -0.15) is 0 Å². The lowest BCUT2D eigenvalue weighted by molar-refractivity contribution is 0.0681. The summed E-state index contributed by atoms with van der Waals surface area (Å²) in [6.07, 6.45) is 4.55. The van der Waals surface area contributed by atoms with Crippen molar-refractivity contribution >= 4 is 41.5 Å². The quantitative estimate of drug-likeness (QED) is 0.881. The molecule has 1 aromatic rings. The number of amides is 1. The summed E-state index contributed by atoms with van der Waals surface area (Å²) in [7, 11) is 1.89. The lowest BCUT2D eigenvalue weighted by Crippen LogP contribution is -2.48.